The third kappa shape index (κ3) is 3.25. The Bertz CT molecular complexity index is 410. The average molecular weight is 275 g/mol. The second kappa shape index (κ2) is 5.59. The van der Waals surface area contributed by atoms with Crippen molar-refractivity contribution in [1.82, 2.24) is 9.78 Å². The van der Waals surface area contributed by atoms with Gasteiger partial charge < -0.3 is 9.84 Å². The molecule has 0 saturated carbocycles. The number of aromatic nitrogens is 2. The van der Waals surface area contributed by atoms with E-state index in [2.05, 4.69) is 5.10 Å². The molecule has 0 aliphatic heterocycles. The van der Waals surface area contributed by atoms with Gasteiger partial charge in [-0.1, -0.05) is 32.4 Å². The Hall–Kier alpha value is -0.580. The minimum Gasteiger partial charge on any atom is -0.390 e. The van der Waals surface area contributed by atoms with Crippen molar-refractivity contribution in [3.63, 3.8) is 0 Å². The molecule has 0 aliphatic carbocycles. The first-order chi connectivity index (χ1) is 8.18. The fourth-order valence-electron chi connectivity index (χ4n) is 2.29. The summed E-state index contributed by atoms with van der Waals surface area (Å²) < 4.78 is 7.13. The van der Waals surface area contributed by atoms with Gasteiger partial charge in [0, 0.05) is 20.6 Å². The van der Waals surface area contributed by atoms with Crippen LogP contribution in [0.4, 0.5) is 0 Å². The number of aryl methyl sites for hydroxylation is 2. The highest BCUT2D eigenvalue weighted by molar-refractivity contribution is 6.31. The van der Waals surface area contributed by atoms with Crippen molar-refractivity contribution in [3.05, 3.63) is 16.4 Å². The van der Waals surface area contributed by atoms with Crippen molar-refractivity contribution < 1.29 is 9.84 Å². The summed E-state index contributed by atoms with van der Waals surface area (Å²) in [5, 5.41) is 15.2. The molecule has 2 atom stereocenters. The maximum Gasteiger partial charge on any atom is 0.0882 e. The molecule has 1 aromatic heterocycles. The van der Waals surface area contributed by atoms with E-state index >= 15 is 0 Å². The van der Waals surface area contributed by atoms with Crippen molar-refractivity contribution in [3.8, 4) is 0 Å². The molecule has 0 fully saturated rings. The number of aliphatic hydroxyl groups is 1. The first kappa shape index (κ1) is 15.5. The number of rotatable bonds is 4. The highest BCUT2D eigenvalue weighted by atomic mass is 35.5. The first-order valence-electron chi connectivity index (χ1n) is 6.07. The van der Waals surface area contributed by atoms with Gasteiger partial charge in [0.25, 0.3) is 0 Å². The van der Waals surface area contributed by atoms with Gasteiger partial charge in [0.2, 0.25) is 0 Å². The van der Waals surface area contributed by atoms with E-state index in [-0.39, 0.29) is 11.5 Å². The number of hydrogen-bond donors (Lipinski definition) is 1. The molecular weight excluding hydrogens is 252 g/mol. The zero-order chi connectivity index (χ0) is 14.1. The molecule has 104 valence electrons. The molecule has 0 radical (unpaired) electrons. The molecule has 1 aromatic rings. The van der Waals surface area contributed by atoms with Crippen LogP contribution in [0.1, 0.15) is 32.2 Å². The fourth-order valence-corrected chi connectivity index (χ4v) is 2.53. The Balaban J connectivity index is 2.90. The Morgan fingerprint density at radius 3 is 2.33 bits per heavy atom. The number of hydrogen-bond acceptors (Lipinski definition) is 3. The van der Waals surface area contributed by atoms with E-state index < -0.39 is 6.10 Å². The quantitative estimate of drug-likeness (QED) is 0.917. The molecule has 5 heteroatoms. The van der Waals surface area contributed by atoms with E-state index in [0.717, 1.165) is 11.4 Å². The van der Waals surface area contributed by atoms with E-state index in [9.17, 15) is 5.11 Å². The van der Waals surface area contributed by atoms with Gasteiger partial charge in [-0.25, -0.2) is 0 Å². The summed E-state index contributed by atoms with van der Waals surface area (Å²) in [6.45, 7) is 7.98. The topological polar surface area (TPSA) is 47.3 Å². The van der Waals surface area contributed by atoms with Gasteiger partial charge in [0.15, 0.2) is 0 Å². The van der Waals surface area contributed by atoms with Crippen molar-refractivity contribution in [2.45, 2.75) is 46.3 Å². The third-order valence-electron chi connectivity index (χ3n) is 3.12. The highest BCUT2D eigenvalue weighted by Gasteiger charge is 2.32. The van der Waals surface area contributed by atoms with E-state index in [1.54, 1.807) is 11.8 Å². The van der Waals surface area contributed by atoms with Gasteiger partial charge in [-0.2, -0.15) is 5.10 Å². The van der Waals surface area contributed by atoms with Crippen LogP contribution in [0.15, 0.2) is 0 Å². The zero-order valence-corrected chi connectivity index (χ0v) is 12.7. The largest absolute Gasteiger partial charge is 0.390 e. The monoisotopic (exact) mass is 274 g/mol. The van der Waals surface area contributed by atoms with Gasteiger partial charge in [0.05, 0.1) is 28.6 Å². The van der Waals surface area contributed by atoms with Gasteiger partial charge in [0.1, 0.15) is 0 Å². The first-order valence-corrected chi connectivity index (χ1v) is 6.45. The Labute approximate surface area is 114 Å². The predicted molar refractivity (Wildman–Crippen MR) is 72.9 cm³/mol. The van der Waals surface area contributed by atoms with Crippen LogP contribution >= 0.6 is 11.6 Å². The lowest BCUT2D eigenvalue weighted by Crippen LogP contribution is -2.40. The van der Waals surface area contributed by atoms with E-state index in [0.29, 0.717) is 11.4 Å². The molecule has 0 aliphatic rings. The molecule has 2 unspecified atom stereocenters. The maximum absolute atomic E-state index is 10.3. The van der Waals surface area contributed by atoms with Crippen LogP contribution < -0.4 is 0 Å². The molecule has 18 heavy (non-hydrogen) atoms. The van der Waals surface area contributed by atoms with Crippen LogP contribution in [0.25, 0.3) is 0 Å². The number of methoxy groups -OCH3 is 1. The summed E-state index contributed by atoms with van der Waals surface area (Å²) in [4.78, 5) is 0. The second-order valence-electron chi connectivity index (χ2n) is 5.76. The molecule has 4 nitrogen and oxygen atoms in total. The highest BCUT2D eigenvalue weighted by Crippen LogP contribution is 2.28. The summed E-state index contributed by atoms with van der Waals surface area (Å²) in [7, 11) is 3.45. The standard InChI is InChI=1S/C13H23ClN2O2/c1-8-11(14)9(16(5)15-8)7-10(17)12(18-6)13(2,3)4/h10,12,17H,7H2,1-6H3. The van der Waals surface area contributed by atoms with Crippen LogP contribution in [-0.4, -0.2) is 34.2 Å². The van der Waals surface area contributed by atoms with Gasteiger partial charge in [-0.3, -0.25) is 4.68 Å². The van der Waals surface area contributed by atoms with E-state index in [1.165, 1.54) is 0 Å². The van der Waals surface area contributed by atoms with Crippen molar-refractivity contribution in [2.24, 2.45) is 12.5 Å². The molecule has 1 heterocycles. The van der Waals surface area contributed by atoms with Crippen LogP contribution in [0.5, 0.6) is 0 Å². The van der Waals surface area contributed by atoms with Crippen LogP contribution in [-0.2, 0) is 18.2 Å². The smallest absolute Gasteiger partial charge is 0.0882 e. The second-order valence-corrected chi connectivity index (χ2v) is 6.14. The Morgan fingerprint density at radius 2 is 2.00 bits per heavy atom. The summed E-state index contributed by atoms with van der Waals surface area (Å²) in [5.41, 5.74) is 1.49. The number of ether oxygens (including phenoxy) is 1. The molecule has 1 N–H and O–H groups in total. The lowest BCUT2D eigenvalue weighted by atomic mass is 9.84. The third-order valence-corrected chi connectivity index (χ3v) is 3.61. The maximum atomic E-state index is 10.3. The van der Waals surface area contributed by atoms with Crippen LogP contribution in [0, 0.1) is 12.3 Å². The van der Waals surface area contributed by atoms with Crippen LogP contribution in [0.2, 0.25) is 5.02 Å². The average Bonchev–Trinajstić information content (AvgIpc) is 2.44. The predicted octanol–water partition coefficient (Wildman–Crippen LogP) is 2.35. The summed E-state index contributed by atoms with van der Waals surface area (Å²) in [6.07, 6.45) is -0.419. The van der Waals surface area contributed by atoms with Crippen LogP contribution in [0.3, 0.4) is 0 Å². The van der Waals surface area contributed by atoms with E-state index in [4.69, 9.17) is 16.3 Å². The van der Waals surface area contributed by atoms with Gasteiger partial charge >= 0.3 is 0 Å². The molecule has 1 rings (SSSR count). The lowest BCUT2D eigenvalue weighted by molar-refractivity contribution is -0.0704. The number of nitrogens with zero attached hydrogens (tertiary/aromatic N) is 2. The summed E-state index contributed by atoms with van der Waals surface area (Å²) >= 11 is 6.19. The zero-order valence-electron chi connectivity index (χ0n) is 12.0. The fraction of sp³-hybridized carbons (Fsp3) is 0.769. The SMILES string of the molecule is COC(C(O)Cc1c(Cl)c(C)nn1C)C(C)(C)C. The molecule has 0 saturated heterocycles. The lowest BCUT2D eigenvalue weighted by Gasteiger charge is -2.33. The molecule has 0 amide bonds. The summed E-state index contributed by atoms with van der Waals surface area (Å²) in [5.74, 6) is 0. The molecule has 0 aromatic carbocycles. The summed E-state index contributed by atoms with van der Waals surface area (Å²) in [6, 6.07) is 0. The van der Waals surface area contributed by atoms with Crippen molar-refractivity contribution >= 4 is 11.6 Å². The molecular formula is C13H23ClN2O2. The Morgan fingerprint density at radius 1 is 1.44 bits per heavy atom. The van der Waals surface area contributed by atoms with Gasteiger partial charge in [-0.15, -0.1) is 0 Å². The van der Waals surface area contributed by atoms with E-state index in [1.807, 2.05) is 34.7 Å². The normalized spacial score (nSPS) is 15.8. The minimum absolute atomic E-state index is 0.131. The number of halogens is 1. The van der Waals surface area contributed by atoms with Crippen molar-refractivity contribution in [1.29, 1.82) is 0 Å². The Kier molecular flexibility index (Phi) is 4.81. The van der Waals surface area contributed by atoms with Gasteiger partial charge in [-0.05, 0) is 12.3 Å². The van der Waals surface area contributed by atoms with Crippen molar-refractivity contribution in [2.75, 3.05) is 7.11 Å². The molecule has 0 spiro atoms. The number of aliphatic hydroxyl groups excluding tert-OH is 1. The minimum atomic E-state index is -0.609. The molecule has 0 bridgehead atoms.